The molecule has 0 unspecified atom stereocenters. The van der Waals surface area contributed by atoms with Crippen LogP contribution in [0, 0.1) is 31.6 Å². The van der Waals surface area contributed by atoms with E-state index in [-0.39, 0.29) is 0 Å². The zero-order chi connectivity index (χ0) is 14.6. The van der Waals surface area contributed by atoms with E-state index in [9.17, 15) is 0 Å². The van der Waals surface area contributed by atoms with Crippen LogP contribution in [0.1, 0.15) is 62.5 Å². The maximum absolute atomic E-state index is 4.99. The van der Waals surface area contributed by atoms with Crippen LogP contribution in [0.3, 0.4) is 0 Å². The molecule has 0 aliphatic heterocycles. The first kappa shape index (κ1) is 13.5. The van der Waals surface area contributed by atoms with Gasteiger partial charge in [-0.2, -0.15) is 0 Å². The lowest BCUT2D eigenvalue weighted by Gasteiger charge is -2.56. The molecule has 0 spiro atoms. The summed E-state index contributed by atoms with van der Waals surface area (Å²) in [5, 5.41) is 3.44. The summed E-state index contributed by atoms with van der Waals surface area (Å²) < 4.78 is 0. The van der Waals surface area contributed by atoms with Gasteiger partial charge in [-0.1, -0.05) is 0 Å². The highest BCUT2D eigenvalue weighted by atomic mass is 15.0. The van der Waals surface area contributed by atoms with E-state index in [0.29, 0.717) is 5.41 Å². The summed E-state index contributed by atoms with van der Waals surface area (Å²) in [6, 6.07) is 0. The van der Waals surface area contributed by atoms with Crippen LogP contribution < -0.4 is 5.32 Å². The van der Waals surface area contributed by atoms with E-state index < -0.39 is 0 Å². The second-order valence-electron chi connectivity index (χ2n) is 7.83. The highest BCUT2D eigenvalue weighted by Crippen LogP contribution is 2.60. The quantitative estimate of drug-likeness (QED) is 0.912. The third kappa shape index (κ3) is 2.08. The van der Waals surface area contributed by atoms with Gasteiger partial charge >= 0.3 is 0 Å². The van der Waals surface area contributed by atoms with Crippen molar-refractivity contribution in [3.05, 3.63) is 17.1 Å². The van der Waals surface area contributed by atoms with Gasteiger partial charge in [-0.3, -0.25) is 0 Å². The van der Waals surface area contributed by atoms with Gasteiger partial charge in [0.05, 0.1) is 0 Å². The molecular weight excluding hydrogens is 258 g/mol. The number of rotatable bonds is 3. The minimum Gasteiger partial charge on any atom is -0.370 e. The van der Waals surface area contributed by atoms with Crippen LogP contribution in [0.15, 0.2) is 0 Å². The van der Waals surface area contributed by atoms with E-state index in [4.69, 9.17) is 9.97 Å². The fourth-order valence-electron chi connectivity index (χ4n) is 5.59. The van der Waals surface area contributed by atoms with Crippen LogP contribution in [-0.2, 0) is 5.41 Å². The molecule has 0 radical (unpaired) electrons. The van der Waals surface area contributed by atoms with E-state index in [1.165, 1.54) is 44.1 Å². The second-order valence-corrected chi connectivity index (χ2v) is 7.83. The topological polar surface area (TPSA) is 37.8 Å². The van der Waals surface area contributed by atoms with Crippen LogP contribution >= 0.6 is 0 Å². The summed E-state index contributed by atoms with van der Waals surface area (Å²) in [7, 11) is 0. The molecule has 21 heavy (non-hydrogen) atoms. The Morgan fingerprint density at radius 2 is 1.57 bits per heavy atom. The largest absolute Gasteiger partial charge is 0.370 e. The predicted molar refractivity (Wildman–Crippen MR) is 85.5 cm³/mol. The Morgan fingerprint density at radius 3 is 2.10 bits per heavy atom. The lowest BCUT2D eigenvalue weighted by atomic mass is 9.49. The minimum atomic E-state index is 0.303. The van der Waals surface area contributed by atoms with Gasteiger partial charge in [-0.15, -0.1) is 0 Å². The smallest absolute Gasteiger partial charge is 0.137 e. The number of hydrogen-bond donors (Lipinski definition) is 1. The van der Waals surface area contributed by atoms with Crippen molar-refractivity contribution in [2.45, 2.75) is 64.7 Å². The number of nitrogens with one attached hydrogen (secondary N) is 1. The molecule has 5 rings (SSSR count). The van der Waals surface area contributed by atoms with Gasteiger partial charge in [-0.25, -0.2) is 9.97 Å². The summed E-state index contributed by atoms with van der Waals surface area (Å²) in [6.07, 6.45) is 8.45. The van der Waals surface area contributed by atoms with Gasteiger partial charge in [0.2, 0.25) is 0 Å². The van der Waals surface area contributed by atoms with E-state index in [1.807, 2.05) is 0 Å². The number of anilines is 1. The standard InChI is InChI=1S/C18H27N3/c1-4-19-16-11(2)12(3)20-17(21-16)18-8-13-5-14(9-18)7-15(6-13)10-18/h13-15H,4-10H2,1-3H3,(H,19,20,21). The fraction of sp³-hybridized carbons (Fsp3) is 0.778. The van der Waals surface area contributed by atoms with Gasteiger partial charge in [0.1, 0.15) is 11.6 Å². The molecule has 4 saturated carbocycles. The Balaban J connectivity index is 1.76. The minimum absolute atomic E-state index is 0.303. The monoisotopic (exact) mass is 285 g/mol. The molecule has 0 atom stereocenters. The molecule has 0 aromatic carbocycles. The maximum atomic E-state index is 4.99. The van der Waals surface area contributed by atoms with Crippen LogP contribution in [0.25, 0.3) is 0 Å². The lowest BCUT2D eigenvalue weighted by Crippen LogP contribution is -2.49. The number of aryl methyl sites for hydroxylation is 1. The van der Waals surface area contributed by atoms with Gasteiger partial charge in [-0.05, 0) is 77.0 Å². The number of nitrogens with zero attached hydrogens (tertiary/aromatic N) is 2. The highest BCUT2D eigenvalue weighted by molar-refractivity contribution is 5.46. The first-order valence-corrected chi connectivity index (χ1v) is 8.69. The van der Waals surface area contributed by atoms with Crippen molar-refractivity contribution >= 4 is 5.82 Å². The van der Waals surface area contributed by atoms with E-state index in [2.05, 4.69) is 26.1 Å². The summed E-state index contributed by atoms with van der Waals surface area (Å²) in [6.45, 7) is 7.34. The third-order valence-electron chi connectivity index (χ3n) is 6.25. The van der Waals surface area contributed by atoms with Crippen molar-refractivity contribution in [2.24, 2.45) is 17.8 Å². The Morgan fingerprint density at radius 1 is 1.00 bits per heavy atom. The Hall–Kier alpha value is -1.12. The van der Waals surface area contributed by atoms with E-state index in [1.54, 1.807) is 0 Å². The molecule has 1 heterocycles. The Kier molecular flexibility index (Phi) is 3.02. The summed E-state index contributed by atoms with van der Waals surface area (Å²) in [5.41, 5.74) is 2.68. The SMILES string of the molecule is CCNc1nc(C23CC4CC(CC(C4)C2)C3)nc(C)c1C. The molecule has 3 nitrogen and oxygen atoms in total. The van der Waals surface area contributed by atoms with Crippen LogP contribution in [-0.4, -0.2) is 16.5 Å². The van der Waals surface area contributed by atoms with Crippen LogP contribution in [0.5, 0.6) is 0 Å². The van der Waals surface area contributed by atoms with Crippen molar-refractivity contribution in [1.82, 2.24) is 9.97 Å². The molecule has 114 valence electrons. The van der Waals surface area contributed by atoms with Gasteiger partial charge in [0.15, 0.2) is 0 Å². The van der Waals surface area contributed by atoms with Crippen molar-refractivity contribution in [2.75, 3.05) is 11.9 Å². The van der Waals surface area contributed by atoms with E-state index in [0.717, 1.165) is 41.6 Å². The molecule has 0 saturated heterocycles. The molecule has 1 aromatic heterocycles. The summed E-state index contributed by atoms with van der Waals surface area (Å²) in [4.78, 5) is 9.95. The molecule has 3 heteroatoms. The molecule has 0 amide bonds. The molecule has 4 bridgehead atoms. The Bertz CT molecular complexity index is 529. The number of hydrogen-bond acceptors (Lipinski definition) is 3. The molecule has 4 aliphatic rings. The van der Waals surface area contributed by atoms with Gasteiger partial charge < -0.3 is 5.32 Å². The lowest BCUT2D eigenvalue weighted by molar-refractivity contribution is -0.00941. The third-order valence-corrected chi connectivity index (χ3v) is 6.25. The first-order chi connectivity index (χ1) is 10.1. The number of aromatic nitrogens is 2. The van der Waals surface area contributed by atoms with Crippen LogP contribution in [0.2, 0.25) is 0 Å². The van der Waals surface area contributed by atoms with Crippen molar-refractivity contribution < 1.29 is 0 Å². The fourth-order valence-corrected chi connectivity index (χ4v) is 5.59. The zero-order valence-corrected chi connectivity index (χ0v) is 13.6. The summed E-state index contributed by atoms with van der Waals surface area (Å²) >= 11 is 0. The Labute approximate surface area is 128 Å². The van der Waals surface area contributed by atoms with Crippen molar-refractivity contribution in [1.29, 1.82) is 0 Å². The molecular formula is C18H27N3. The van der Waals surface area contributed by atoms with E-state index >= 15 is 0 Å². The van der Waals surface area contributed by atoms with Crippen LogP contribution in [0.4, 0.5) is 5.82 Å². The molecule has 1 aromatic rings. The first-order valence-electron chi connectivity index (χ1n) is 8.69. The zero-order valence-electron chi connectivity index (χ0n) is 13.6. The average molecular weight is 285 g/mol. The predicted octanol–water partition coefficient (Wildman–Crippen LogP) is 3.99. The molecule has 4 aliphatic carbocycles. The summed E-state index contributed by atoms with van der Waals surface area (Å²) in [5.74, 6) is 5.06. The van der Waals surface area contributed by atoms with Gasteiger partial charge in [0, 0.05) is 23.2 Å². The molecule has 4 fully saturated rings. The average Bonchev–Trinajstić information content (AvgIpc) is 2.42. The van der Waals surface area contributed by atoms with Gasteiger partial charge in [0.25, 0.3) is 0 Å². The highest BCUT2D eigenvalue weighted by Gasteiger charge is 2.53. The van der Waals surface area contributed by atoms with Crippen molar-refractivity contribution in [3.63, 3.8) is 0 Å². The maximum Gasteiger partial charge on any atom is 0.137 e. The normalized spacial score (nSPS) is 37.0. The van der Waals surface area contributed by atoms with Crippen molar-refractivity contribution in [3.8, 4) is 0 Å². The second kappa shape index (κ2) is 4.69. The molecule has 1 N–H and O–H groups in total.